The molecule has 0 N–H and O–H groups in total. The van der Waals surface area contributed by atoms with Gasteiger partial charge < -0.3 is 9.64 Å². The largest absolute Gasteiger partial charge is 0.496 e. The number of carbonyl (C=O) groups is 1. The van der Waals surface area contributed by atoms with Crippen molar-refractivity contribution in [1.82, 2.24) is 4.90 Å². The Hall–Kier alpha value is -1.03. The van der Waals surface area contributed by atoms with Crippen LogP contribution in [0.15, 0.2) is 22.7 Å². The van der Waals surface area contributed by atoms with Gasteiger partial charge in [-0.25, -0.2) is 0 Å². The van der Waals surface area contributed by atoms with E-state index in [0.29, 0.717) is 11.6 Å². The fourth-order valence-electron chi connectivity index (χ4n) is 2.01. The number of hydrogen-bond donors (Lipinski definition) is 0. The highest BCUT2D eigenvalue weighted by Gasteiger charge is 2.19. The van der Waals surface area contributed by atoms with Gasteiger partial charge in [0.2, 0.25) is 0 Å². The van der Waals surface area contributed by atoms with Crippen LogP contribution in [0, 0.1) is 0 Å². The SMILES string of the molecule is CCC(CC)N(C)C(=O)c1ccc(OC)c(Br)c1. The Morgan fingerprint density at radius 2 is 2.00 bits per heavy atom. The van der Waals surface area contributed by atoms with Gasteiger partial charge in [0.1, 0.15) is 5.75 Å². The first-order valence-electron chi connectivity index (χ1n) is 6.15. The summed E-state index contributed by atoms with van der Waals surface area (Å²) >= 11 is 3.40. The average Bonchev–Trinajstić information content (AvgIpc) is 2.39. The van der Waals surface area contributed by atoms with Crippen LogP contribution in [0.3, 0.4) is 0 Å². The minimum absolute atomic E-state index is 0.0482. The van der Waals surface area contributed by atoms with Gasteiger partial charge in [-0.15, -0.1) is 0 Å². The third-order valence-corrected chi connectivity index (χ3v) is 3.83. The molecule has 100 valence electrons. The summed E-state index contributed by atoms with van der Waals surface area (Å²) in [6.45, 7) is 4.20. The minimum atomic E-state index is 0.0482. The highest BCUT2D eigenvalue weighted by Crippen LogP contribution is 2.26. The monoisotopic (exact) mass is 313 g/mol. The van der Waals surface area contributed by atoms with E-state index < -0.39 is 0 Å². The van der Waals surface area contributed by atoms with E-state index in [2.05, 4.69) is 29.8 Å². The van der Waals surface area contributed by atoms with E-state index in [1.165, 1.54) is 0 Å². The van der Waals surface area contributed by atoms with Crippen LogP contribution >= 0.6 is 15.9 Å². The summed E-state index contributed by atoms with van der Waals surface area (Å²) in [6.07, 6.45) is 1.94. The molecule has 0 aliphatic rings. The number of carbonyl (C=O) groups excluding carboxylic acids is 1. The smallest absolute Gasteiger partial charge is 0.253 e. The molecule has 0 atom stereocenters. The molecular formula is C14H20BrNO2. The molecule has 18 heavy (non-hydrogen) atoms. The molecule has 0 unspecified atom stereocenters. The molecule has 0 fully saturated rings. The molecule has 1 aromatic rings. The van der Waals surface area contributed by atoms with Gasteiger partial charge in [0.05, 0.1) is 11.6 Å². The first kappa shape index (κ1) is 15.0. The third-order valence-electron chi connectivity index (χ3n) is 3.21. The van der Waals surface area contributed by atoms with Crippen molar-refractivity contribution in [3.05, 3.63) is 28.2 Å². The van der Waals surface area contributed by atoms with Crippen LogP contribution in [-0.2, 0) is 0 Å². The lowest BCUT2D eigenvalue weighted by atomic mass is 10.1. The van der Waals surface area contributed by atoms with Gasteiger partial charge in [0, 0.05) is 18.7 Å². The highest BCUT2D eigenvalue weighted by molar-refractivity contribution is 9.10. The lowest BCUT2D eigenvalue weighted by molar-refractivity contribution is 0.0723. The Morgan fingerprint density at radius 1 is 1.39 bits per heavy atom. The number of halogens is 1. The number of hydrogen-bond acceptors (Lipinski definition) is 2. The van der Waals surface area contributed by atoms with Crippen LogP contribution < -0.4 is 4.74 Å². The Morgan fingerprint density at radius 3 is 2.44 bits per heavy atom. The second-order valence-corrected chi connectivity index (χ2v) is 5.09. The van der Waals surface area contributed by atoms with Crippen molar-refractivity contribution in [3.8, 4) is 5.75 Å². The van der Waals surface area contributed by atoms with E-state index in [-0.39, 0.29) is 5.91 Å². The average molecular weight is 314 g/mol. The molecule has 0 saturated carbocycles. The Balaban J connectivity index is 2.93. The zero-order valence-electron chi connectivity index (χ0n) is 11.4. The molecule has 0 aliphatic carbocycles. The van der Waals surface area contributed by atoms with Gasteiger partial charge in [-0.2, -0.15) is 0 Å². The van der Waals surface area contributed by atoms with Crippen LogP contribution in [-0.4, -0.2) is 31.0 Å². The molecule has 0 aromatic heterocycles. The molecule has 0 saturated heterocycles. The second-order valence-electron chi connectivity index (χ2n) is 4.24. The van der Waals surface area contributed by atoms with Gasteiger partial charge in [0.15, 0.2) is 0 Å². The highest BCUT2D eigenvalue weighted by atomic mass is 79.9. The molecule has 0 aliphatic heterocycles. The quantitative estimate of drug-likeness (QED) is 0.829. The summed E-state index contributed by atoms with van der Waals surface area (Å²) in [5, 5.41) is 0. The van der Waals surface area contributed by atoms with Crippen molar-refractivity contribution < 1.29 is 9.53 Å². The van der Waals surface area contributed by atoms with Crippen molar-refractivity contribution in [2.75, 3.05) is 14.2 Å². The summed E-state index contributed by atoms with van der Waals surface area (Å²) in [5.41, 5.74) is 0.678. The Labute approximate surface area is 117 Å². The van der Waals surface area contributed by atoms with Crippen LogP contribution in [0.5, 0.6) is 5.75 Å². The summed E-state index contributed by atoms with van der Waals surface area (Å²) < 4.78 is 5.96. The molecule has 0 spiro atoms. The maximum absolute atomic E-state index is 12.3. The molecule has 1 rings (SSSR count). The minimum Gasteiger partial charge on any atom is -0.496 e. The van der Waals surface area contributed by atoms with E-state index >= 15 is 0 Å². The van der Waals surface area contributed by atoms with Gasteiger partial charge in [-0.05, 0) is 47.0 Å². The zero-order chi connectivity index (χ0) is 13.7. The van der Waals surface area contributed by atoms with E-state index in [4.69, 9.17) is 4.74 Å². The van der Waals surface area contributed by atoms with Gasteiger partial charge in [-0.1, -0.05) is 13.8 Å². The number of nitrogens with zero attached hydrogens (tertiary/aromatic N) is 1. The normalized spacial score (nSPS) is 10.6. The molecule has 0 heterocycles. The standard InChI is InChI=1S/C14H20BrNO2/c1-5-11(6-2)16(3)14(17)10-7-8-13(18-4)12(15)9-10/h7-9,11H,5-6H2,1-4H3. The Bertz CT molecular complexity index is 416. The van der Waals surface area contributed by atoms with Crippen LogP contribution in [0.1, 0.15) is 37.0 Å². The first-order chi connectivity index (χ1) is 8.54. The fraction of sp³-hybridized carbons (Fsp3) is 0.500. The maximum atomic E-state index is 12.3. The third kappa shape index (κ3) is 3.25. The molecule has 1 aromatic carbocycles. The number of ether oxygens (including phenoxy) is 1. The predicted molar refractivity (Wildman–Crippen MR) is 77.2 cm³/mol. The van der Waals surface area contributed by atoms with Crippen LogP contribution in [0.4, 0.5) is 0 Å². The van der Waals surface area contributed by atoms with E-state index in [9.17, 15) is 4.79 Å². The van der Waals surface area contributed by atoms with Crippen molar-refractivity contribution in [3.63, 3.8) is 0 Å². The zero-order valence-corrected chi connectivity index (χ0v) is 13.0. The maximum Gasteiger partial charge on any atom is 0.253 e. The molecule has 4 heteroatoms. The van der Waals surface area contributed by atoms with Crippen molar-refractivity contribution in [1.29, 1.82) is 0 Å². The second kappa shape index (κ2) is 6.78. The lowest BCUT2D eigenvalue weighted by Gasteiger charge is -2.26. The Kier molecular flexibility index (Phi) is 5.66. The van der Waals surface area contributed by atoms with E-state index in [1.807, 2.05) is 11.9 Å². The van der Waals surface area contributed by atoms with Gasteiger partial charge >= 0.3 is 0 Å². The first-order valence-corrected chi connectivity index (χ1v) is 6.95. The van der Waals surface area contributed by atoms with Crippen LogP contribution in [0.2, 0.25) is 0 Å². The van der Waals surface area contributed by atoms with Crippen LogP contribution in [0.25, 0.3) is 0 Å². The molecule has 0 bridgehead atoms. The molecular weight excluding hydrogens is 294 g/mol. The topological polar surface area (TPSA) is 29.5 Å². The molecule has 1 amide bonds. The summed E-state index contributed by atoms with van der Waals surface area (Å²) in [4.78, 5) is 14.1. The van der Waals surface area contributed by atoms with Crippen molar-refractivity contribution in [2.45, 2.75) is 32.7 Å². The summed E-state index contributed by atoms with van der Waals surface area (Å²) in [5.74, 6) is 0.781. The number of benzene rings is 1. The number of amides is 1. The van der Waals surface area contributed by atoms with E-state index in [1.54, 1.807) is 25.3 Å². The summed E-state index contributed by atoms with van der Waals surface area (Å²) in [6, 6.07) is 5.70. The lowest BCUT2D eigenvalue weighted by Crippen LogP contribution is -2.36. The van der Waals surface area contributed by atoms with E-state index in [0.717, 1.165) is 23.1 Å². The number of rotatable bonds is 5. The van der Waals surface area contributed by atoms with Crippen molar-refractivity contribution in [2.24, 2.45) is 0 Å². The van der Waals surface area contributed by atoms with Gasteiger partial charge in [0.25, 0.3) is 5.91 Å². The van der Waals surface area contributed by atoms with Crippen molar-refractivity contribution >= 4 is 21.8 Å². The molecule has 0 radical (unpaired) electrons. The number of methoxy groups -OCH3 is 1. The molecule has 3 nitrogen and oxygen atoms in total. The summed E-state index contributed by atoms with van der Waals surface area (Å²) in [7, 11) is 3.47. The predicted octanol–water partition coefficient (Wildman–Crippen LogP) is 3.72. The fourth-order valence-corrected chi connectivity index (χ4v) is 2.55. The van der Waals surface area contributed by atoms with Gasteiger partial charge in [-0.3, -0.25) is 4.79 Å².